The Morgan fingerprint density at radius 3 is 2.61 bits per heavy atom. The minimum atomic E-state index is -0.183. The van der Waals surface area contributed by atoms with Gasteiger partial charge in [-0.2, -0.15) is 12.6 Å². The molecule has 0 bridgehead atoms. The molecule has 1 amide bonds. The molecule has 0 spiro atoms. The Bertz CT molecular complexity index is 865. The monoisotopic (exact) mass is 397 g/mol. The van der Waals surface area contributed by atoms with Gasteiger partial charge < -0.3 is 14.4 Å². The van der Waals surface area contributed by atoms with E-state index in [-0.39, 0.29) is 18.1 Å². The second-order valence-corrected chi connectivity index (χ2v) is 8.08. The predicted octanol–water partition coefficient (Wildman–Crippen LogP) is 4.22. The van der Waals surface area contributed by atoms with Crippen LogP contribution in [0.5, 0.6) is 5.75 Å². The second-order valence-electron chi connectivity index (χ2n) is 7.76. The van der Waals surface area contributed by atoms with Gasteiger partial charge in [-0.15, -0.1) is 0 Å². The van der Waals surface area contributed by atoms with Crippen LogP contribution in [0.25, 0.3) is 0 Å². The lowest BCUT2D eigenvalue weighted by molar-refractivity contribution is 0.0339. The topological polar surface area (TPSA) is 38.8 Å². The number of carbonyl (C=O) groups excluding carboxylic acids is 1. The van der Waals surface area contributed by atoms with E-state index in [0.29, 0.717) is 24.8 Å². The summed E-state index contributed by atoms with van der Waals surface area (Å²) in [5.41, 5.74) is 4.23. The summed E-state index contributed by atoms with van der Waals surface area (Å²) in [7, 11) is 1.68. The van der Waals surface area contributed by atoms with Crippen molar-refractivity contribution in [2.24, 2.45) is 0 Å². The van der Waals surface area contributed by atoms with Gasteiger partial charge in [0.1, 0.15) is 18.0 Å². The standard InChI is InChI=1S/C23H27NO3S/c1-15-5-3-8-19(17-9-10-17)22(15)23(25)24-12-20(26-2)21(13-24)27-18-7-4-6-16(11-18)14-28/h3-8,11,17,20-21,28H,9-10,12-14H2,1-2H3. The van der Waals surface area contributed by atoms with Crippen molar-refractivity contribution in [3.63, 3.8) is 0 Å². The molecule has 28 heavy (non-hydrogen) atoms. The number of benzene rings is 2. The summed E-state index contributed by atoms with van der Waals surface area (Å²) in [5, 5.41) is 0. The van der Waals surface area contributed by atoms with Crippen LogP contribution in [-0.4, -0.2) is 43.2 Å². The summed E-state index contributed by atoms with van der Waals surface area (Å²) < 4.78 is 11.9. The van der Waals surface area contributed by atoms with E-state index in [1.54, 1.807) is 7.11 Å². The first-order chi connectivity index (χ1) is 13.6. The quantitative estimate of drug-likeness (QED) is 0.742. The first-order valence-corrected chi connectivity index (χ1v) is 10.5. The van der Waals surface area contributed by atoms with Crippen LogP contribution in [0.3, 0.4) is 0 Å². The van der Waals surface area contributed by atoms with Crippen LogP contribution in [-0.2, 0) is 10.5 Å². The molecule has 2 unspecified atom stereocenters. The van der Waals surface area contributed by atoms with E-state index in [1.807, 2.05) is 42.2 Å². The van der Waals surface area contributed by atoms with Crippen molar-refractivity contribution in [2.45, 2.75) is 43.6 Å². The lowest BCUT2D eigenvalue weighted by Gasteiger charge is -2.20. The number of amides is 1. The molecular formula is C23H27NO3S. The maximum Gasteiger partial charge on any atom is 0.254 e. The third-order valence-corrected chi connectivity index (χ3v) is 6.07. The van der Waals surface area contributed by atoms with Crippen molar-refractivity contribution in [2.75, 3.05) is 20.2 Å². The zero-order valence-corrected chi connectivity index (χ0v) is 17.3. The first-order valence-electron chi connectivity index (χ1n) is 9.88. The van der Waals surface area contributed by atoms with E-state index in [9.17, 15) is 4.79 Å². The third kappa shape index (κ3) is 3.91. The van der Waals surface area contributed by atoms with Crippen molar-refractivity contribution in [3.05, 3.63) is 64.7 Å². The fourth-order valence-corrected chi connectivity index (χ4v) is 4.21. The average molecular weight is 398 g/mol. The van der Waals surface area contributed by atoms with E-state index in [0.717, 1.165) is 22.4 Å². The lowest BCUT2D eigenvalue weighted by atomic mass is 9.97. The first kappa shape index (κ1) is 19.3. The van der Waals surface area contributed by atoms with Gasteiger partial charge in [0.25, 0.3) is 5.91 Å². The van der Waals surface area contributed by atoms with Gasteiger partial charge in [0, 0.05) is 18.4 Å². The number of nitrogens with zero attached hydrogens (tertiary/aromatic N) is 1. The van der Waals surface area contributed by atoms with Crippen LogP contribution in [0.2, 0.25) is 0 Å². The van der Waals surface area contributed by atoms with Crippen molar-refractivity contribution < 1.29 is 14.3 Å². The van der Waals surface area contributed by atoms with Crippen molar-refractivity contribution in [1.29, 1.82) is 0 Å². The van der Waals surface area contributed by atoms with Crippen LogP contribution in [0.15, 0.2) is 42.5 Å². The van der Waals surface area contributed by atoms with Gasteiger partial charge in [-0.3, -0.25) is 4.79 Å². The van der Waals surface area contributed by atoms with Gasteiger partial charge in [0.15, 0.2) is 0 Å². The fourth-order valence-electron chi connectivity index (χ4n) is 4.02. The zero-order valence-electron chi connectivity index (χ0n) is 16.4. The van der Waals surface area contributed by atoms with Crippen molar-refractivity contribution in [1.82, 2.24) is 4.90 Å². The molecule has 4 nitrogen and oxygen atoms in total. The van der Waals surface area contributed by atoms with Gasteiger partial charge in [0.2, 0.25) is 0 Å². The van der Waals surface area contributed by atoms with E-state index < -0.39 is 0 Å². The Labute approximate surface area is 172 Å². The van der Waals surface area contributed by atoms with Crippen LogP contribution in [0, 0.1) is 6.92 Å². The highest BCUT2D eigenvalue weighted by atomic mass is 32.1. The van der Waals surface area contributed by atoms with Gasteiger partial charge in [-0.25, -0.2) is 0 Å². The molecule has 148 valence electrons. The molecule has 1 saturated carbocycles. The Hall–Kier alpha value is -1.98. The summed E-state index contributed by atoms with van der Waals surface area (Å²) >= 11 is 4.33. The zero-order chi connectivity index (χ0) is 19.7. The highest BCUT2D eigenvalue weighted by Gasteiger charge is 2.39. The van der Waals surface area contributed by atoms with Gasteiger partial charge in [-0.1, -0.05) is 30.3 Å². The molecule has 0 radical (unpaired) electrons. The van der Waals surface area contributed by atoms with Crippen LogP contribution in [0.1, 0.15) is 45.8 Å². The number of hydrogen-bond acceptors (Lipinski definition) is 4. The molecule has 5 heteroatoms. The number of methoxy groups -OCH3 is 1. The second kappa shape index (κ2) is 8.18. The number of carbonyl (C=O) groups is 1. The average Bonchev–Trinajstić information content (AvgIpc) is 3.48. The molecule has 1 aliphatic carbocycles. The number of rotatable bonds is 6. The summed E-state index contributed by atoms with van der Waals surface area (Å²) in [5.74, 6) is 2.09. The molecule has 1 aliphatic heterocycles. The minimum Gasteiger partial charge on any atom is -0.486 e. The molecule has 2 fully saturated rings. The molecule has 1 saturated heterocycles. The maximum absolute atomic E-state index is 13.4. The summed E-state index contributed by atoms with van der Waals surface area (Å²) in [6.45, 7) is 3.10. The predicted molar refractivity (Wildman–Crippen MR) is 113 cm³/mol. The normalized spacial score (nSPS) is 21.8. The summed E-state index contributed by atoms with van der Waals surface area (Å²) in [4.78, 5) is 15.3. The Morgan fingerprint density at radius 1 is 1.14 bits per heavy atom. The fraction of sp³-hybridized carbons (Fsp3) is 0.435. The number of aryl methyl sites for hydroxylation is 1. The molecule has 2 aliphatic rings. The lowest BCUT2D eigenvalue weighted by Crippen LogP contribution is -2.32. The Balaban J connectivity index is 1.53. The summed E-state index contributed by atoms with van der Waals surface area (Å²) in [6.07, 6.45) is 2.03. The molecule has 2 aromatic carbocycles. The van der Waals surface area contributed by atoms with E-state index in [1.165, 1.54) is 18.4 Å². The molecule has 1 heterocycles. The highest BCUT2D eigenvalue weighted by molar-refractivity contribution is 7.79. The minimum absolute atomic E-state index is 0.0947. The summed E-state index contributed by atoms with van der Waals surface area (Å²) in [6, 6.07) is 14.1. The van der Waals surface area contributed by atoms with Gasteiger partial charge in [0.05, 0.1) is 13.1 Å². The molecule has 0 N–H and O–H groups in total. The highest BCUT2D eigenvalue weighted by Crippen LogP contribution is 2.42. The number of ether oxygens (including phenoxy) is 2. The maximum atomic E-state index is 13.4. The number of likely N-dealkylation sites (tertiary alicyclic amines) is 1. The van der Waals surface area contributed by atoms with E-state index >= 15 is 0 Å². The molecule has 2 aromatic rings. The molecule has 4 rings (SSSR count). The largest absolute Gasteiger partial charge is 0.486 e. The van der Waals surface area contributed by atoms with Crippen LogP contribution in [0.4, 0.5) is 0 Å². The van der Waals surface area contributed by atoms with Gasteiger partial charge >= 0.3 is 0 Å². The van der Waals surface area contributed by atoms with Crippen LogP contribution >= 0.6 is 12.6 Å². The number of hydrogen-bond donors (Lipinski definition) is 1. The SMILES string of the molecule is COC1CN(C(=O)c2c(C)cccc2C2CC2)CC1Oc1cccc(CS)c1. The van der Waals surface area contributed by atoms with E-state index in [4.69, 9.17) is 9.47 Å². The molecular weight excluding hydrogens is 370 g/mol. The Kier molecular flexibility index (Phi) is 5.65. The van der Waals surface area contributed by atoms with Gasteiger partial charge in [-0.05, 0) is 54.5 Å². The van der Waals surface area contributed by atoms with E-state index in [2.05, 4.69) is 24.8 Å². The van der Waals surface area contributed by atoms with Crippen molar-refractivity contribution >= 4 is 18.5 Å². The number of thiol groups is 1. The third-order valence-electron chi connectivity index (χ3n) is 5.71. The van der Waals surface area contributed by atoms with Crippen molar-refractivity contribution in [3.8, 4) is 5.75 Å². The smallest absolute Gasteiger partial charge is 0.254 e. The molecule has 0 aromatic heterocycles. The Morgan fingerprint density at radius 2 is 1.89 bits per heavy atom. The van der Waals surface area contributed by atoms with Crippen LogP contribution < -0.4 is 4.74 Å². The molecule has 2 atom stereocenters.